The Balaban J connectivity index is 1.86. The van der Waals surface area contributed by atoms with Crippen LogP contribution in [0.15, 0.2) is 52.9 Å². The molecule has 1 heterocycles. The van der Waals surface area contributed by atoms with Gasteiger partial charge in [-0.15, -0.1) is 0 Å². The maximum atomic E-state index is 12.8. The molecule has 25 heavy (non-hydrogen) atoms. The minimum Gasteiger partial charge on any atom is -0.493 e. The third-order valence-electron chi connectivity index (χ3n) is 4.39. The van der Waals surface area contributed by atoms with Gasteiger partial charge in [0.15, 0.2) is 11.5 Å². The lowest BCUT2D eigenvalue weighted by Gasteiger charge is -2.23. The lowest BCUT2D eigenvalue weighted by atomic mass is 10.1. The van der Waals surface area contributed by atoms with E-state index in [-0.39, 0.29) is 11.9 Å². The van der Waals surface area contributed by atoms with Crippen molar-refractivity contribution in [2.75, 3.05) is 21.3 Å². The zero-order valence-electron chi connectivity index (χ0n) is 14.8. The summed E-state index contributed by atoms with van der Waals surface area (Å²) in [7, 11) is 4.87. The molecule has 0 saturated carbocycles. The number of carbonyl (C=O) groups excluding carboxylic acids is 1. The highest BCUT2D eigenvalue weighted by Gasteiger charge is 2.22. The lowest BCUT2D eigenvalue weighted by Crippen LogP contribution is -2.29. The molecule has 2 aromatic carbocycles. The number of rotatable bonds is 5. The predicted octanol–water partition coefficient (Wildman–Crippen LogP) is 4.28. The summed E-state index contributed by atoms with van der Waals surface area (Å²) < 4.78 is 16.4. The second-order valence-corrected chi connectivity index (χ2v) is 5.85. The van der Waals surface area contributed by atoms with E-state index in [4.69, 9.17) is 13.9 Å². The molecule has 0 N–H and O–H groups in total. The van der Waals surface area contributed by atoms with Gasteiger partial charge in [-0.25, -0.2) is 0 Å². The van der Waals surface area contributed by atoms with Gasteiger partial charge in [0, 0.05) is 18.0 Å². The normalized spacial score (nSPS) is 12.0. The number of furan rings is 1. The van der Waals surface area contributed by atoms with E-state index >= 15 is 0 Å². The molecule has 5 heteroatoms. The Hall–Kier alpha value is -2.95. The molecule has 0 spiro atoms. The first-order valence-corrected chi connectivity index (χ1v) is 8.02. The molecule has 5 nitrogen and oxygen atoms in total. The molecule has 1 atom stereocenters. The van der Waals surface area contributed by atoms with Crippen molar-refractivity contribution in [3.05, 3.63) is 59.9 Å². The molecule has 3 aromatic rings. The fourth-order valence-corrected chi connectivity index (χ4v) is 2.75. The van der Waals surface area contributed by atoms with E-state index in [0.717, 1.165) is 16.7 Å². The smallest absolute Gasteiger partial charge is 0.254 e. The average molecular weight is 339 g/mol. The first-order chi connectivity index (χ1) is 12.0. The summed E-state index contributed by atoms with van der Waals surface area (Å²) in [6, 6.07) is 14.7. The number of amides is 1. The molecule has 3 rings (SSSR count). The molecular formula is C20H21NO4. The topological polar surface area (TPSA) is 51.9 Å². The summed E-state index contributed by atoms with van der Waals surface area (Å²) in [4.78, 5) is 14.5. The molecule has 1 aromatic heterocycles. The third-order valence-corrected chi connectivity index (χ3v) is 4.39. The number of fused-ring (bicyclic) bond motifs is 1. The standard InChI is InChI=1S/C20H21NO4/c1-13(18-11-14-7-5-6-8-16(14)25-18)21(2)20(22)15-9-10-17(23-3)19(12-15)24-4/h5-13H,1-4H3. The van der Waals surface area contributed by atoms with E-state index in [1.165, 1.54) is 0 Å². The summed E-state index contributed by atoms with van der Waals surface area (Å²) in [5.41, 5.74) is 1.35. The fraction of sp³-hybridized carbons (Fsp3) is 0.250. The van der Waals surface area contributed by atoms with Crippen LogP contribution in [0.25, 0.3) is 11.0 Å². The minimum absolute atomic E-state index is 0.117. The van der Waals surface area contributed by atoms with Crippen LogP contribution in [-0.2, 0) is 0 Å². The van der Waals surface area contributed by atoms with E-state index in [1.54, 1.807) is 44.4 Å². The first-order valence-electron chi connectivity index (χ1n) is 8.02. The van der Waals surface area contributed by atoms with Gasteiger partial charge >= 0.3 is 0 Å². The molecular weight excluding hydrogens is 318 g/mol. The van der Waals surface area contributed by atoms with Gasteiger partial charge in [0.05, 0.1) is 20.3 Å². The number of hydrogen-bond donors (Lipinski definition) is 0. The Labute approximate surface area is 146 Å². The summed E-state index contributed by atoms with van der Waals surface area (Å²) in [5.74, 6) is 1.75. The van der Waals surface area contributed by atoms with Crippen molar-refractivity contribution >= 4 is 16.9 Å². The Morgan fingerprint density at radius 3 is 2.44 bits per heavy atom. The van der Waals surface area contributed by atoms with Gasteiger partial charge in [0.1, 0.15) is 11.3 Å². The largest absolute Gasteiger partial charge is 0.493 e. The SMILES string of the molecule is COc1ccc(C(=O)N(C)C(C)c2cc3ccccc3o2)cc1OC. The van der Waals surface area contributed by atoms with Gasteiger partial charge in [-0.1, -0.05) is 18.2 Å². The van der Waals surface area contributed by atoms with Crippen molar-refractivity contribution in [2.24, 2.45) is 0 Å². The van der Waals surface area contributed by atoms with E-state index < -0.39 is 0 Å². The van der Waals surface area contributed by atoms with E-state index in [1.807, 2.05) is 37.3 Å². The summed E-state index contributed by atoms with van der Waals surface area (Å²) >= 11 is 0. The molecule has 1 amide bonds. The highest BCUT2D eigenvalue weighted by Crippen LogP contribution is 2.30. The minimum atomic E-state index is -0.201. The Bertz CT molecular complexity index is 867. The molecule has 0 radical (unpaired) electrons. The highest BCUT2D eigenvalue weighted by molar-refractivity contribution is 5.95. The Kier molecular flexibility index (Phi) is 4.65. The fourth-order valence-electron chi connectivity index (χ4n) is 2.75. The Morgan fingerprint density at radius 1 is 1.04 bits per heavy atom. The molecule has 0 aliphatic heterocycles. The van der Waals surface area contributed by atoms with E-state index in [0.29, 0.717) is 17.1 Å². The number of ether oxygens (including phenoxy) is 2. The van der Waals surface area contributed by atoms with Crippen molar-refractivity contribution in [3.63, 3.8) is 0 Å². The van der Waals surface area contributed by atoms with Crippen LogP contribution >= 0.6 is 0 Å². The number of methoxy groups -OCH3 is 2. The van der Waals surface area contributed by atoms with Gasteiger partial charge in [0.2, 0.25) is 0 Å². The summed E-state index contributed by atoms with van der Waals surface area (Å²) in [5, 5.41) is 1.02. The van der Waals surface area contributed by atoms with Crippen LogP contribution < -0.4 is 9.47 Å². The van der Waals surface area contributed by atoms with E-state index in [9.17, 15) is 4.79 Å². The van der Waals surface area contributed by atoms with Crippen LogP contribution in [0.3, 0.4) is 0 Å². The van der Waals surface area contributed by atoms with Crippen LogP contribution in [0.4, 0.5) is 0 Å². The number of benzene rings is 2. The van der Waals surface area contributed by atoms with Gasteiger partial charge in [-0.2, -0.15) is 0 Å². The van der Waals surface area contributed by atoms with Crippen molar-refractivity contribution in [1.29, 1.82) is 0 Å². The maximum absolute atomic E-state index is 12.8. The van der Waals surface area contributed by atoms with Gasteiger partial charge in [0.25, 0.3) is 5.91 Å². The van der Waals surface area contributed by atoms with Crippen LogP contribution in [0.5, 0.6) is 11.5 Å². The summed E-state index contributed by atoms with van der Waals surface area (Å²) in [6.45, 7) is 1.94. The van der Waals surface area contributed by atoms with E-state index in [2.05, 4.69) is 0 Å². The highest BCUT2D eigenvalue weighted by atomic mass is 16.5. The monoisotopic (exact) mass is 339 g/mol. The second kappa shape index (κ2) is 6.89. The number of hydrogen-bond acceptors (Lipinski definition) is 4. The van der Waals surface area contributed by atoms with Crippen LogP contribution in [0.2, 0.25) is 0 Å². The van der Waals surface area contributed by atoms with Gasteiger partial charge in [-0.3, -0.25) is 4.79 Å². The molecule has 0 aliphatic carbocycles. The van der Waals surface area contributed by atoms with Crippen molar-refractivity contribution in [1.82, 2.24) is 4.90 Å². The molecule has 0 aliphatic rings. The average Bonchev–Trinajstić information content (AvgIpc) is 3.09. The van der Waals surface area contributed by atoms with Crippen LogP contribution in [0.1, 0.15) is 29.1 Å². The van der Waals surface area contributed by atoms with Crippen molar-refractivity contribution in [2.45, 2.75) is 13.0 Å². The van der Waals surface area contributed by atoms with Gasteiger partial charge in [-0.05, 0) is 37.3 Å². The molecule has 0 fully saturated rings. The first kappa shape index (κ1) is 16.9. The molecule has 1 unspecified atom stereocenters. The zero-order valence-corrected chi connectivity index (χ0v) is 14.8. The number of para-hydroxylation sites is 1. The lowest BCUT2D eigenvalue weighted by molar-refractivity contribution is 0.0727. The molecule has 130 valence electrons. The predicted molar refractivity (Wildman–Crippen MR) is 96.3 cm³/mol. The summed E-state index contributed by atoms with van der Waals surface area (Å²) in [6.07, 6.45) is 0. The number of nitrogens with zero attached hydrogens (tertiary/aromatic N) is 1. The molecule has 0 saturated heterocycles. The maximum Gasteiger partial charge on any atom is 0.254 e. The van der Waals surface area contributed by atoms with Crippen LogP contribution in [0, 0.1) is 0 Å². The number of carbonyl (C=O) groups is 1. The third kappa shape index (κ3) is 3.18. The zero-order chi connectivity index (χ0) is 18.0. The van der Waals surface area contributed by atoms with Crippen LogP contribution in [-0.4, -0.2) is 32.1 Å². The van der Waals surface area contributed by atoms with Crippen molar-refractivity contribution in [3.8, 4) is 11.5 Å². The quantitative estimate of drug-likeness (QED) is 0.696. The second-order valence-electron chi connectivity index (χ2n) is 5.85. The Morgan fingerprint density at radius 2 is 1.76 bits per heavy atom. The van der Waals surface area contributed by atoms with Crippen molar-refractivity contribution < 1.29 is 18.7 Å². The molecule has 0 bridgehead atoms. The van der Waals surface area contributed by atoms with Gasteiger partial charge < -0.3 is 18.8 Å².